The van der Waals surface area contributed by atoms with Gasteiger partial charge in [0.1, 0.15) is 5.69 Å². The van der Waals surface area contributed by atoms with Crippen LogP contribution in [-0.4, -0.2) is 38.5 Å². The van der Waals surface area contributed by atoms with E-state index in [1.165, 1.54) is 19.4 Å². The van der Waals surface area contributed by atoms with Crippen LogP contribution in [0.4, 0.5) is 5.69 Å². The lowest BCUT2D eigenvalue weighted by Crippen LogP contribution is -2.29. The zero-order valence-electron chi connectivity index (χ0n) is 12.9. The molecule has 0 bridgehead atoms. The number of nitrogens with one attached hydrogen (secondary N) is 1. The van der Waals surface area contributed by atoms with Crippen LogP contribution >= 0.6 is 11.6 Å². The van der Waals surface area contributed by atoms with E-state index < -0.39 is 10.0 Å². The van der Waals surface area contributed by atoms with E-state index in [0.29, 0.717) is 10.9 Å². The molecule has 1 aliphatic rings. The summed E-state index contributed by atoms with van der Waals surface area (Å²) >= 11 is 5.90. The van der Waals surface area contributed by atoms with Crippen molar-refractivity contribution in [1.29, 1.82) is 0 Å². The molecule has 0 aliphatic heterocycles. The molecule has 0 spiro atoms. The lowest BCUT2D eigenvalue weighted by atomic mass is 10.3. The van der Waals surface area contributed by atoms with E-state index >= 15 is 0 Å². The number of halogens is 1. The summed E-state index contributed by atoms with van der Waals surface area (Å²) in [6.45, 7) is 3.67. The number of anilines is 1. The molecule has 1 saturated carbocycles. The predicted molar refractivity (Wildman–Crippen MR) is 85.9 cm³/mol. The molecule has 22 heavy (non-hydrogen) atoms. The van der Waals surface area contributed by atoms with Crippen LogP contribution in [0.3, 0.4) is 0 Å². The quantitative estimate of drug-likeness (QED) is 0.781. The van der Waals surface area contributed by atoms with Crippen molar-refractivity contribution >= 4 is 27.3 Å². The maximum atomic E-state index is 12.3. The molecule has 0 radical (unpaired) electrons. The Morgan fingerprint density at radius 1 is 1.45 bits per heavy atom. The fourth-order valence-electron chi connectivity index (χ4n) is 2.11. The Hall–Kier alpha value is -1.05. The van der Waals surface area contributed by atoms with E-state index in [-0.39, 0.29) is 29.5 Å². The Morgan fingerprint density at radius 2 is 2.14 bits per heavy atom. The third kappa shape index (κ3) is 5.00. The van der Waals surface area contributed by atoms with Gasteiger partial charge >= 0.3 is 0 Å². The largest absolute Gasteiger partial charge is 0.473 e. The summed E-state index contributed by atoms with van der Waals surface area (Å²) in [7, 11) is -2.05. The monoisotopic (exact) mass is 348 g/mol. The van der Waals surface area contributed by atoms with E-state index in [9.17, 15) is 8.42 Å². The lowest BCUT2D eigenvalue weighted by molar-refractivity contribution is 0.103. The molecule has 1 aromatic heterocycles. The first kappa shape index (κ1) is 17.3. The highest BCUT2D eigenvalue weighted by Gasteiger charge is 2.34. The molecule has 1 fully saturated rings. The first-order chi connectivity index (χ1) is 10.3. The Kier molecular flexibility index (Phi) is 5.52. The van der Waals surface area contributed by atoms with Gasteiger partial charge in [0, 0.05) is 13.3 Å². The number of nitrogens with zero attached hydrogens (tertiary/aromatic N) is 1. The molecule has 1 unspecified atom stereocenters. The molecule has 1 atom stereocenters. The number of hydrogen-bond acceptors (Lipinski definition) is 5. The van der Waals surface area contributed by atoms with Crippen LogP contribution in [0, 0.1) is 5.92 Å². The molecular weight excluding hydrogens is 328 g/mol. The van der Waals surface area contributed by atoms with Gasteiger partial charge in [0.2, 0.25) is 15.9 Å². The van der Waals surface area contributed by atoms with Crippen molar-refractivity contribution in [3.05, 3.63) is 17.3 Å². The maximum absolute atomic E-state index is 12.3. The Morgan fingerprint density at radius 3 is 2.68 bits per heavy atom. The van der Waals surface area contributed by atoms with Gasteiger partial charge in [-0.25, -0.2) is 13.4 Å². The fourth-order valence-corrected chi connectivity index (χ4v) is 3.67. The van der Waals surface area contributed by atoms with Crippen LogP contribution in [-0.2, 0) is 14.8 Å². The van der Waals surface area contributed by atoms with Crippen molar-refractivity contribution in [2.45, 2.75) is 38.9 Å². The lowest BCUT2D eigenvalue weighted by Gasteiger charge is -2.18. The smallest absolute Gasteiger partial charge is 0.238 e. The minimum absolute atomic E-state index is 0.0954. The van der Waals surface area contributed by atoms with Crippen LogP contribution in [0.2, 0.25) is 5.02 Å². The Labute approximate surface area is 136 Å². The molecule has 1 N–H and O–H groups in total. The van der Waals surface area contributed by atoms with Crippen molar-refractivity contribution in [1.82, 2.24) is 4.98 Å². The van der Waals surface area contributed by atoms with E-state index in [4.69, 9.17) is 21.1 Å². The van der Waals surface area contributed by atoms with Crippen LogP contribution in [0.25, 0.3) is 0 Å². The molecule has 2 rings (SSSR count). The molecule has 1 heterocycles. The number of hydrogen-bond donors (Lipinski definition) is 1. The zero-order chi connectivity index (χ0) is 16.3. The molecule has 1 aliphatic carbocycles. The normalized spacial score (nSPS) is 16.6. The van der Waals surface area contributed by atoms with E-state index in [0.717, 1.165) is 12.8 Å². The van der Waals surface area contributed by atoms with Gasteiger partial charge in [-0.2, -0.15) is 0 Å². The van der Waals surface area contributed by atoms with Crippen molar-refractivity contribution in [2.75, 3.05) is 17.6 Å². The number of rotatable bonds is 8. The fraction of sp³-hybridized carbons (Fsp3) is 0.643. The van der Waals surface area contributed by atoms with E-state index in [1.807, 2.05) is 13.8 Å². The average Bonchev–Trinajstić information content (AvgIpc) is 3.23. The molecule has 0 saturated heterocycles. The van der Waals surface area contributed by atoms with Crippen molar-refractivity contribution in [3.63, 3.8) is 0 Å². The summed E-state index contributed by atoms with van der Waals surface area (Å²) in [5.41, 5.74) is 0.242. The second-order valence-electron chi connectivity index (χ2n) is 5.67. The highest BCUT2D eigenvalue weighted by atomic mass is 35.5. The molecule has 124 valence electrons. The van der Waals surface area contributed by atoms with Gasteiger partial charge in [-0.1, -0.05) is 11.6 Å². The highest BCUT2D eigenvalue weighted by Crippen LogP contribution is 2.35. The summed E-state index contributed by atoms with van der Waals surface area (Å²) in [5, 5.41) is 0.333. The maximum Gasteiger partial charge on any atom is 0.238 e. The van der Waals surface area contributed by atoms with Crippen molar-refractivity contribution in [3.8, 4) is 5.88 Å². The van der Waals surface area contributed by atoms with Crippen LogP contribution < -0.4 is 9.46 Å². The average molecular weight is 349 g/mol. The van der Waals surface area contributed by atoms with Gasteiger partial charge in [-0.3, -0.25) is 4.72 Å². The minimum atomic E-state index is -3.58. The molecule has 8 heteroatoms. The number of aromatic nitrogens is 1. The molecule has 0 amide bonds. The SMILES string of the molecule is COC(CS(=O)(=O)Nc1cc(Cl)cnc1OC(C)C)C1CC1. The first-order valence-electron chi connectivity index (χ1n) is 7.16. The van der Waals surface area contributed by atoms with Gasteiger partial charge in [0.05, 0.1) is 23.0 Å². The molecular formula is C14H21ClN2O4S. The predicted octanol–water partition coefficient (Wildman–Crippen LogP) is 2.69. The van der Waals surface area contributed by atoms with Gasteiger partial charge < -0.3 is 9.47 Å². The van der Waals surface area contributed by atoms with Crippen LogP contribution in [0.15, 0.2) is 12.3 Å². The van der Waals surface area contributed by atoms with Crippen molar-refractivity contribution in [2.24, 2.45) is 5.92 Å². The summed E-state index contributed by atoms with van der Waals surface area (Å²) in [6, 6.07) is 1.49. The molecule has 6 nitrogen and oxygen atoms in total. The zero-order valence-corrected chi connectivity index (χ0v) is 14.4. The standard InChI is InChI=1S/C14H21ClN2O4S/c1-9(2)21-14-12(6-11(15)7-16-14)17-22(18,19)8-13(20-3)10-4-5-10/h6-7,9-10,13,17H,4-5,8H2,1-3H3. The second kappa shape index (κ2) is 7.02. The van der Waals surface area contributed by atoms with Gasteiger partial charge in [0.25, 0.3) is 0 Å². The second-order valence-corrected chi connectivity index (χ2v) is 7.87. The van der Waals surface area contributed by atoms with Gasteiger partial charge in [-0.15, -0.1) is 0 Å². The van der Waals surface area contributed by atoms with Gasteiger partial charge in [-0.05, 0) is 38.7 Å². The third-order valence-corrected chi connectivity index (χ3v) is 4.77. The first-order valence-corrected chi connectivity index (χ1v) is 9.19. The van der Waals surface area contributed by atoms with Crippen molar-refractivity contribution < 1.29 is 17.9 Å². The van der Waals surface area contributed by atoms with Gasteiger partial charge in [0.15, 0.2) is 0 Å². The van der Waals surface area contributed by atoms with Crippen LogP contribution in [0.1, 0.15) is 26.7 Å². The van der Waals surface area contributed by atoms with E-state index in [2.05, 4.69) is 9.71 Å². The molecule has 0 aromatic carbocycles. The number of sulfonamides is 1. The number of methoxy groups -OCH3 is 1. The molecule has 1 aromatic rings. The summed E-state index contributed by atoms with van der Waals surface area (Å²) < 4.78 is 38.0. The summed E-state index contributed by atoms with van der Waals surface area (Å²) in [4.78, 5) is 4.04. The number of pyridine rings is 1. The third-order valence-electron chi connectivity index (χ3n) is 3.26. The number of ether oxygens (including phenoxy) is 2. The van der Waals surface area contributed by atoms with E-state index in [1.54, 1.807) is 0 Å². The summed E-state index contributed by atoms with van der Waals surface area (Å²) in [5.74, 6) is 0.440. The Balaban J connectivity index is 2.15. The highest BCUT2D eigenvalue weighted by molar-refractivity contribution is 7.92. The summed E-state index contributed by atoms with van der Waals surface area (Å²) in [6.07, 6.45) is 3.01. The minimum Gasteiger partial charge on any atom is -0.473 e. The van der Waals surface area contributed by atoms with Crippen LogP contribution in [0.5, 0.6) is 5.88 Å². The Bertz CT molecular complexity index is 617. The topological polar surface area (TPSA) is 77.5 Å².